The first-order valence-corrected chi connectivity index (χ1v) is 5.16. The number of rotatable bonds is 2. The van der Waals surface area contributed by atoms with E-state index in [1.165, 1.54) is 0 Å². The van der Waals surface area contributed by atoms with Crippen LogP contribution in [0.3, 0.4) is 0 Å². The van der Waals surface area contributed by atoms with Crippen molar-refractivity contribution < 1.29 is 9.90 Å². The molecule has 80 valence electrons. The summed E-state index contributed by atoms with van der Waals surface area (Å²) in [6, 6.07) is 6.02. The zero-order valence-electron chi connectivity index (χ0n) is 8.73. The van der Waals surface area contributed by atoms with Gasteiger partial charge >= 0.3 is 5.97 Å². The molecule has 0 aliphatic heterocycles. The Morgan fingerprint density at radius 3 is 3.00 bits per heavy atom. The smallest absolute Gasteiger partial charge is 0.303 e. The Balaban J connectivity index is 2.39. The van der Waals surface area contributed by atoms with E-state index in [1.807, 2.05) is 25.1 Å². The largest absolute Gasteiger partial charge is 0.481 e. The number of benzene rings is 1. The van der Waals surface area contributed by atoms with Crippen LogP contribution in [0.5, 0.6) is 0 Å². The van der Waals surface area contributed by atoms with Crippen LogP contribution in [0.1, 0.15) is 41.5 Å². The van der Waals surface area contributed by atoms with Crippen molar-refractivity contribution in [3.63, 3.8) is 0 Å². The van der Waals surface area contributed by atoms with Gasteiger partial charge in [0, 0.05) is 6.04 Å². The first-order valence-electron chi connectivity index (χ1n) is 5.16. The number of hydrogen-bond donors (Lipinski definition) is 2. The van der Waals surface area contributed by atoms with Gasteiger partial charge in [-0.25, -0.2) is 0 Å². The molecule has 1 aromatic rings. The summed E-state index contributed by atoms with van der Waals surface area (Å²) in [7, 11) is 0. The average Bonchev–Trinajstić information content (AvgIpc) is 2.44. The van der Waals surface area contributed by atoms with Gasteiger partial charge in [-0.1, -0.05) is 18.2 Å². The lowest BCUT2D eigenvalue weighted by molar-refractivity contribution is -0.137. The van der Waals surface area contributed by atoms with Crippen molar-refractivity contribution in [1.82, 2.24) is 0 Å². The first-order chi connectivity index (χ1) is 7.09. The lowest BCUT2D eigenvalue weighted by atomic mass is 9.94. The Hall–Kier alpha value is -1.35. The van der Waals surface area contributed by atoms with Gasteiger partial charge in [-0.2, -0.15) is 0 Å². The number of nitrogens with two attached hydrogens (primary N) is 1. The predicted molar refractivity (Wildman–Crippen MR) is 57.7 cm³/mol. The molecule has 0 fully saturated rings. The van der Waals surface area contributed by atoms with Gasteiger partial charge in [0.2, 0.25) is 0 Å². The molecule has 0 spiro atoms. The van der Waals surface area contributed by atoms with Crippen LogP contribution in [0.25, 0.3) is 0 Å². The Bertz CT molecular complexity index is 401. The highest BCUT2D eigenvalue weighted by Crippen LogP contribution is 2.42. The van der Waals surface area contributed by atoms with Crippen molar-refractivity contribution in [3.05, 3.63) is 34.9 Å². The van der Waals surface area contributed by atoms with E-state index in [9.17, 15) is 4.79 Å². The molecule has 0 amide bonds. The molecule has 0 saturated heterocycles. The molecule has 3 N–H and O–H groups in total. The number of fused-ring (bicyclic) bond motifs is 1. The van der Waals surface area contributed by atoms with E-state index in [2.05, 4.69) is 0 Å². The topological polar surface area (TPSA) is 63.3 Å². The highest BCUT2D eigenvalue weighted by molar-refractivity contribution is 5.68. The fraction of sp³-hybridized carbons (Fsp3) is 0.417. The summed E-state index contributed by atoms with van der Waals surface area (Å²) in [5.41, 5.74) is 9.43. The maximum Gasteiger partial charge on any atom is 0.303 e. The summed E-state index contributed by atoms with van der Waals surface area (Å²) in [6.45, 7) is 2.02. The monoisotopic (exact) mass is 205 g/mol. The molecule has 2 rings (SSSR count). The summed E-state index contributed by atoms with van der Waals surface area (Å²) in [5.74, 6) is -0.656. The van der Waals surface area contributed by atoms with Gasteiger partial charge in [0.25, 0.3) is 0 Å². The van der Waals surface area contributed by atoms with Crippen LogP contribution in [0.15, 0.2) is 18.2 Å². The summed E-state index contributed by atoms with van der Waals surface area (Å²) in [5, 5.41) is 8.84. The average molecular weight is 205 g/mol. The second-order valence-electron chi connectivity index (χ2n) is 4.21. The molecule has 1 aromatic carbocycles. The van der Waals surface area contributed by atoms with Crippen molar-refractivity contribution >= 4 is 5.97 Å². The Kier molecular flexibility index (Phi) is 2.49. The molecule has 0 saturated carbocycles. The highest BCUT2D eigenvalue weighted by Gasteiger charge is 2.30. The number of aliphatic carboxylic acids is 1. The minimum atomic E-state index is -0.747. The van der Waals surface area contributed by atoms with Gasteiger partial charge in [0.15, 0.2) is 0 Å². The summed E-state index contributed by atoms with van der Waals surface area (Å²) >= 11 is 0. The normalized spacial score (nSPS) is 23.9. The molecule has 2 atom stereocenters. The van der Waals surface area contributed by atoms with Crippen LogP contribution in [0, 0.1) is 6.92 Å². The van der Waals surface area contributed by atoms with Crippen LogP contribution in [0.2, 0.25) is 0 Å². The second-order valence-corrected chi connectivity index (χ2v) is 4.21. The lowest BCUT2D eigenvalue weighted by Gasteiger charge is -2.10. The zero-order chi connectivity index (χ0) is 11.0. The molecule has 0 heterocycles. The maximum atomic E-state index is 10.7. The highest BCUT2D eigenvalue weighted by atomic mass is 16.4. The standard InChI is InChI=1S/C12H15NO2/c1-7-3-2-4-9-10(13)5-8(12(7)9)6-11(14)15/h2-4,8,10H,5-6,13H2,1H3,(H,14,15). The summed E-state index contributed by atoms with van der Waals surface area (Å²) < 4.78 is 0. The Morgan fingerprint density at radius 2 is 2.33 bits per heavy atom. The van der Waals surface area contributed by atoms with E-state index in [0.717, 1.165) is 23.1 Å². The Labute approximate surface area is 88.9 Å². The van der Waals surface area contributed by atoms with Crippen molar-refractivity contribution in [2.24, 2.45) is 5.73 Å². The molecular weight excluding hydrogens is 190 g/mol. The maximum absolute atomic E-state index is 10.7. The zero-order valence-corrected chi connectivity index (χ0v) is 8.73. The van der Waals surface area contributed by atoms with E-state index in [-0.39, 0.29) is 18.4 Å². The van der Waals surface area contributed by atoms with Crippen molar-refractivity contribution in [3.8, 4) is 0 Å². The fourth-order valence-corrected chi connectivity index (χ4v) is 2.53. The van der Waals surface area contributed by atoms with Crippen LogP contribution in [0.4, 0.5) is 0 Å². The van der Waals surface area contributed by atoms with E-state index in [4.69, 9.17) is 10.8 Å². The van der Waals surface area contributed by atoms with Crippen LogP contribution >= 0.6 is 0 Å². The van der Waals surface area contributed by atoms with Crippen LogP contribution < -0.4 is 5.73 Å². The predicted octanol–water partition coefficient (Wildman–Crippen LogP) is 1.96. The third-order valence-corrected chi connectivity index (χ3v) is 3.13. The van der Waals surface area contributed by atoms with Gasteiger partial charge in [-0.3, -0.25) is 4.79 Å². The van der Waals surface area contributed by atoms with E-state index in [1.54, 1.807) is 0 Å². The Morgan fingerprint density at radius 1 is 1.60 bits per heavy atom. The molecule has 3 heteroatoms. The molecule has 1 aliphatic rings. The third-order valence-electron chi connectivity index (χ3n) is 3.13. The number of carbonyl (C=O) groups is 1. The molecule has 0 aromatic heterocycles. The fourth-order valence-electron chi connectivity index (χ4n) is 2.53. The quantitative estimate of drug-likeness (QED) is 0.775. The minimum Gasteiger partial charge on any atom is -0.481 e. The summed E-state index contributed by atoms with van der Waals surface area (Å²) in [4.78, 5) is 10.7. The van der Waals surface area contributed by atoms with E-state index in [0.29, 0.717) is 0 Å². The summed E-state index contributed by atoms with van der Waals surface area (Å²) in [6.07, 6.45) is 0.942. The number of aryl methyl sites for hydroxylation is 1. The second kappa shape index (κ2) is 3.66. The number of carboxylic acids is 1. The minimum absolute atomic E-state index is 0.00394. The third kappa shape index (κ3) is 1.75. The molecule has 15 heavy (non-hydrogen) atoms. The van der Waals surface area contributed by atoms with Crippen molar-refractivity contribution in [1.29, 1.82) is 0 Å². The van der Waals surface area contributed by atoms with E-state index < -0.39 is 5.97 Å². The molecule has 0 radical (unpaired) electrons. The molecule has 0 bridgehead atoms. The molecular formula is C12H15NO2. The first kappa shape index (κ1) is 10.2. The van der Waals surface area contributed by atoms with Gasteiger partial charge in [-0.15, -0.1) is 0 Å². The van der Waals surface area contributed by atoms with Crippen LogP contribution in [-0.2, 0) is 4.79 Å². The number of carboxylic acid groups (broad SMARTS) is 1. The molecule has 2 unspecified atom stereocenters. The molecule has 3 nitrogen and oxygen atoms in total. The SMILES string of the molecule is Cc1cccc2c1C(CC(=O)O)CC2N. The van der Waals surface area contributed by atoms with Gasteiger partial charge in [-0.05, 0) is 36.0 Å². The number of hydrogen-bond acceptors (Lipinski definition) is 2. The van der Waals surface area contributed by atoms with Gasteiger partial charge in [0.05, 0.1) is 6.42 Å². The van der Waals surface area contributed by atoms with Gasteiger partial charge < -0.3 is 10.8 Å². The van der Waals surface area contributed by atoms with Crippen molar-refractivity contribution in [2.75, 3.05) is 0 Å². The van der Waals surface area contributed by atoms with Crippen molar-refractivity contribution in [2.45, 2.75) is 31.7 Å². The molecule has 1 aliphatic carbocycles. The van der Waals surface area contributed by atoms with Crippen LogP contribution in [-0.4, -0.2) is 11.1 Å². The lowest BCUT2D eigenvalue weighted by Crippen LogP contribution is -2.07. The van der Waals surface area contributed by atoms with Gasteiger partial charge in [0.1, 0.15) is 0 Å². The van der Waals surface area contributed by atoms with E-state index >= 15 is 0 Å².